The van der Waals surface area contributed by atoms with Crippen molar-refractivity contribution in [3.63, 3.8) is 0 Å². The first-order chi connectivity index (χ1) is 9.24. The molecule has 1 N–H and O–H groups in total. The van der Waals surface area contributed by atoms with E-state index in [4.69, 9.17) is 0 Å². The summed E-state index contributed by atoms with van der Waals surface area (Å²) in [6.45, 7) is 11.9. The molecule has 1 aromatic rings. The quantitative estimate of drug-likeness (QED) is 0.833. The van der Waals surface area contributed by atoms with Crippen LogP contribution in [0.4, 0.5) is 5.82 Å². The molecule has 0 aromatic carbocycles. The number of pyridine rings is 1. The molecule has 1 atom stereocenters. The maximum atomic E-state index is 4.62. The first-order valence-electron chi connectivity index (χ1n) is 7.37. The van der Waals surface area contributed by atoms with Crippen LogP contribution in [-0.4, -0.2) is 23.6 Å². The number of rotatable bonds is 6. The molecule has 20 heavy (non-hydrogen) atoms. The van der Waals surface area contributed by atoms with Gasteiger partial charge in [0.2, 0.25) is 0 Å². The van der Waals surface area contributed by atoms with Crippen LogP contribution in [0.25, 0.3) is 0 Å². The maximum absolute atomic E-state index is 4.62. The van der Waals surface area contributed by atoms with Gasteiger partial charge in [-0.15, -0.1) is 0 Å². The summed E-state index contributed by atoms with van der Waals surface area (Å²) in [7, 11) is 2.14. The van der Waals surface area contributed by atoms with Crippen molar-refractivity contribution in [2.24, 2.45) is 0 Å². The molecule has 1 heterocycles. The highest BCUT2D eigenvalue weighted by atomic mass is 79.9. The Morgan fingerprint density at radius 2 is 2.05 bits per heavy atom. The van der Waals surface area contributed by atoms with Gasteiger partial charge in [0.15, 0.2) is 0 Å². The van der Waals surface area contributed by atoms with Crippen LogP contribution >= 0.6 is 15.9 Å². The van der Waals surface area contributed by atoms with Crippen molar-refractivity contribution in [2.75, 3.05) is 11.9 Å². The third-order valence-corrected chi connectivity index (χ3v) is 3.85. The first kappa shape index (κ1) is 17.4. The van der Waals surface area contributed by atoms with Gasteiger partial charge >= 0.3 is 0 Å². The van der Waals surface area contributed by atoms with Gasteiger partial charge in [0, 0.05) is 41.4 Å². The van der Waals surface area contributed by atoms with Gasteiger partial charge < -0.3 is 10.2 Å². The van der Waals surface area contributed by atoms with E-state index in [-0.39, 0.29) is 5.54 Å². The lowest BCUT2D eigenvalue weighted by molar-refractivity contribution is 0.423. The fourth-order valence-electron chi connectivity index (χ4n) is 2.10. The Balaban J connectivity index is 2.94. The second kappa shape index (κ2) is 7.41. The minimum atomic E-state index is 0.104. The summed E-state index contributed by atoms with van der Waals surface area (Å²) < 4.78 is 1.03. The molecule has 0 spiro atoms. The summed E-state index contributed by atoms with van der Waals surface area (Å²) in [5.41, 5.74) is 1.34. The van der Waals surface area contributed by atoms with Gasteiger partial charge in [-0.1, -0.05) is 13.3 Å². The zero-order chi connectivity index (χ0) is 15.3. The van der Waals surface area contributed by atoms with Crippen LogP contribution in [0.15, 0.2) is 16.7 Å². The van der Waals surface area contributed by atoms with Crippen LogP contribution in [0.2, 0.25) is 0 Å². The summed E-state index contributed by atoms with van der Waals surface area (Å²) in [6, 6.07) is 2.66. The summed E-state index contributed by atoms with van der Waals surface area (Å²) in [5, 5.41) is 3.54. The van der Waals surface area contributed by atoms with E-state index in [2.05, 4.69) is 78.9 Å². The average Bonchev–Trinajstić information content (AvgIpc) is 2.35. The molecule has 0 amide bonds. The number of hydrogen-bond acceptors (Lipinski definition) is 3. The van der Waals surface area contributed by atoms with Crippen LogP contribution in [0, 0.1) is 0 Å². The zero-order valence-corrected chi connectivity index (χ0v) is 15.2. The third kappa shape index (κ3) is 5.41. The number of anilines is 1. The first-order valence-corrected chi connectivity index (χ1v) is 8.16. The van der Waals surface area contributed by atoms with Gasteiger partial charge in [0.25, 0.3) is 0 Å². The van der Waals surface area contributed by atoms with Crippen molar-refractivity contribution in [2.45, 2.75) is 65.6 Å². The molecule has 114 valence electrons. The Morgan fingerprint density at radius 1 is 1.40 bits per heavy atom. The lowest BCUT2D eigenvalue weighted by atomic mass is 10.1. The van der Waals surface area contributed by atoms with Crippen LogP contribution in [0.3, 0.4) is 0 Å². The zero-order valence-electron chi connectivity index (χ0n) is 13.6. The number of nitrogens with zero attached hydrogens (tertiary/aromatic N) is 2. The van der Waals surface area contributed by atoms with Gasteiger partial charge in [0.05, 0.1) is 0 Å². The van der Waals surface area contributed by atoms with Crippen molar-refractivity contribution in [1.29, 1.82) is 0 Å². The van der Waals surface area contributed by atoms with E-state index in [9.17, 15) is 0 Å². The van der Waals surface area contributed by atoms with Gasteiger partial charge in [-0.2, -0.15) is 0 Å². The Bertz CT molecular complexity index is 426. The fraction of sp³-hybridized carbons (Fsp3) is 0.688. The Kier molecular flexibility index (Phi) is 6.46. The van der Waals surface area contributed by atoms with Crippen molar-refractivity contribution < 1.29 is 0 Å². The van der Waals surface area contributed by atoms with Gasteiger partial charge in [-0.05, 0) is 56.1 Å². The van der Waals surface area contributed by atoms with Gasteiger partial charge in [0.1, 0.15) is 5.82 Å². The van der Waals surface area contributed by atoms with E-state index >= 15 is 0 Å². The maximum Gasteiger partial charge on any atom is 0.133 e. The summed E-state index contributed by atoms with van der Waals surface area (Å²) in [5.74, 6) is 1.07. The Labute approximate surface area is 132 Å². The number of nitrogens with one attached hydrogen (secondary N) is 1. The SMILES string of the molecule is CCCC(C)N(C)c1ncc(Br)cc1CNC(C)(C)C. The van der Waals surface area contributed by atoms with E-state index in [0.29, 0.717) is 6.04 Å². The number of hydrogen-bond donors (Lipinski definition) is 1. The molecule has 1 aromatic heterocycles. The Hall–Kier alpha value is -0.610. The largest absolute Gasteiger partial charge is 0.357 e. The normalized spacial score (nSPS) is 13.3. The highest BCUT2D eigenvalue weighted by Gasteiger charge is 2.16. The average molecular weight is 342 g/mol. The molecular formula is C16H28BrN3. The molecule has 0 saturated heterocycles. The predicted octanol–water partition coefficient (Wildman–Crippen LogP) is 4.36. The second-order valence-electron chi connectivity index (χ2n) is 6.49. The van der Waals surface area contributed by atoms with E-state index in [1.807, 2.05) is 6.20 Å². The minimum absolute atomic E-state index is 0.104. The van der Waals surface area contributed by atoms with Crippen LogP contribution in [-0.2, 0) is 6.54 Å². The van der Waals surface area contributed by atoms with E-state index in [0.717, 1.165) is 16.8 Å². The standard InChI is InChI=1S/C16H28BrN3/c1-7-8-12(2)20(6)15-13(9-14(17)11-18-15)10-19-16(3,4)5/h9,11-12,19H,7-8,10H2,1-6H3. The van der Waals surface area contributed by atoms with Crippen LogP contribution in [0.1, 0.15) is 53.0 Å². The van der Waals surface area contributed by atoms with Crippen LogP contribution < -0.4 is 10.2 Å². The smallest absolute Gasteiger partial charge is 0.133 e. The van der Waals surface area contributed by atoms with E-state index in [1.54, 1.807) is 0 Å². The summed E-state index contributed by atoms with van der Waals surface area (Å²) in [6.07, 6.45) is 4.25. The lowest BCUT2D eigenvalue weighted by Crippen LogP contribution is -2.36. The molecule has 1 unspecified atom stereocenters. The molecule has 0 aliphatic heterocycles. The molecule has 0 radical (unpaired) electrons. The van der Waals surface area contributed by atoms with Crippen LogP contribution in [0.5, 0.6) is 0 Å². The molecule has 0 aliphatic rings. The second-order valence-corrected chi connectivity index (χ2v) is 7.40. The molecule has 0 bridgehead atoms. The molecule has 4 heteroatoms. The highest BCUT2D eigenvalue weighted by Crippen LogP contribution is 2.24. The molecule has 0 aliphatic carbocycles. The molecule has 1 rings (SSSR count). The van der Waals surface area contributed by atoms with Crippen molar-refractivity contribution in [3.05, 3.63) is 22.3 Å². The number of halogens is 1. The molecule has 0 saturated carbocycles. The fourth-order valence-corrected chi connectivity index (χ4v) is 2.48. The summed E-state index contributed by atoms with van der Waals surface area (Å²) >= 11 is 3.52. The molecular weight excluding hydrogens is 314 g/mol. The molecule has 3 nitrogen and oxygen atoms in total. The van der Waals surface area contributed by atoms with E-state index < -0.39 is 0 Å². The predicted molar refractivity (Wildman–Crippen MR) is 91.3 cm³/mol. The number of aromatic nitrogens is 1. The summed E-state index contributed by atoms with van der Waals surface area (Å²) in [4.78, 5) is 6.91. The minimum Gasteiger partial charge on any atom is -0.357 e. The van der Waals surface area contributed by atoms with Gasteiger partial charge in [-0.3, -0.25) is 0 Å². The van der Waals surface area contributed by atoms with E-state index in [1.165, 1.54) is 18.4 Å². The monoisotopic (exact) mass is 341 g/mol. The van der Waals surface area contributed by atoms with Gasteiger partial charge in [-0.25, -0.2) is 4.98 Å². The van der Waals surface area contributed by atoms with Crippen molar-refractivity contribution >= 4 is 21.7 Å². The van der Waals surface area contributed by atoms with Crippen molar-refractivity contribution in [1.82, 2.24) is 10.3 Å². The lowest BCUT2D eigenvalue weighted by Gasteiger charge is -2.29. The topological polar surface area (TPSA) is 28.2 Å². The Morgan fingerprint density at radius 3 is 2.60 bits per heavy atom. The van der Waals surface area contributed by atoms with Crippen molar-refractivity contribution in [3.8, 4) is 0 Å². The highest BCUT2D eigenvalue weighted by molar-refractivity contribution is 9.10. The molecule has 0 fully saturated rings. The third-order valence-electron chi connectivity index (χ3n) is 3.42.